The molecular formula is C18H22N2O4. The summed E-state index contributed by atoms with van der Waals surface area (Å²) in [6, 6.07) is 9.29. The Kier molecular flexibility index (Phi) is 7.04. The molecular weight excluding hydrogens is 308 g/mol. The summed E-state index contributed by atoms with van der Waals surface area (Å²) in [6.07, 6.45) is 3.61. The van der Waals surface area contributed by atoms with Gasteiger partial charge in [0, 0.05) is 25.4 Å². The van der Waals surface area contributed by atoms with E-state index in [-0.39, 0.29) is 5.91 Å². The van der Waals surface area contributed by atoms with E-state index in [4.69, 9.17) is 14.2 Å². The highest BCUT2D eigenvalue weighted by Crippen LogP contribution is 2.15. The van der Waals surface area contributed by atoms with Gasteiger partial charge in [0.05, 0.1) is 26.3 Å². The molecule has 0 aliphatic rings. The summed E-state index contributed by atoms with van der Waals surface area (Å²) in [4.78, 5) is 16.1. The van der Waals surface area contributed by atoms with Crippen LogP contribution >= 0.6 is 0 Å². The van der Waals surface area contributed by atoms with Gasteiger partial charge in [0.1, 0.15) is 18.1 Å². The van der Waals surface area contributed by atoms with E-state index < -0.39 is 0 Å². The number of aromatic nitrogens is 1. The highest BCUT2D eigenvalue weighted by molar-refractivity contribution is 5.78. The summed E-state index contributed by atoms with van der Waals surface area (Å²) in [6.45, 7) is 1.45. The topological polar surface area (TPSA) is 69.7 Å². The van der Waals surface area contributed by atoms with Gasteiger partial charge in [-0.05, 0) is 23.8 Å². The van der Waals surface area contributed by atoms with E-state index in [9.17, 15) is 4.79 Å². The Hall–Kier alpha value is -2.60. The van der Waals surface area contributed by atoms with E-state index in [0.29, 0.717) is 31.9 Å². The number of hydrogen-bond acceptors (Lipinski definition) is 5. The van der Waals surface area contributed by atoms with Crippen LogP contribution in [0.15, 0.2) is 42.7 Å². The zero-order valence-corrected chi connectivity index (χ0v) is 14.0. The summed E-state index contributed by atoms with van der Waals surface area (Å²) < 4.78 is 15.6. The monoisotopic (exact) mass is 330 g/mol. The number of benzene rings is 1. The molecule has 0 saturated carbocycles. The number of nitrogens with zero attached hydrogens (tertiary/aromatic N) is 1. The second kappa shape index (κ2) is 9.52. The molecule has 1 amide bonds. The maximum Gasteiger partial charge on any atom is 0.224 e. The van der Waals surface area contributed by atoms with Crippen molar-refractivity contribution in [2.45, 2.75) is 13.0 Å². The first-order valence-corrected chi connectivity index (χ1v) is 7.67. The third-order valence-corrected chi connectivity index (χ3v) is 3.41. The average molecular weight is 330 g/mol. The van der Waals surface area contributed by atoms with Crippen molar-refractivity contribution in [3.8, 4) is 11.5 Å². The number of rotatable bonds is 9. The van der Waals surface area contributed by atoms with E-state index in [0.717, 1.165) is 16.9 Å². The molecule has 128 valence electrons. The van der Waals surface area contributed by atoms with Crippen molar-refractivity contribution < 1.29 is 19.0 Å². The van der Waals surface area contributed by atoms with Crippen LogP contribution in [-0.2, 0) is 22.5 Å². The zero-order valence-electron chi connectivity index (χ0n) is 14.0. The van der Waals surface area contributed by atoms with Crippen LogP contribution in [0.4, 0.5) is 0 Å². The molecule has 1 aromatic carbocycles. The summed E-state index contributed by atoms with van der Waals surface area (Å²) in [5.74, 6) is 1.37. The molecule has 1 aromatic heterocycles. The molecule has 0 saturated heterocycles. The highest BCUT2D eigenvalue weighted by atomic mass is 16.5. The molecule has 0 radical (unpaired) electrons. The first kappa shape index (κ1) is 17.7. The predicted octanol–water partition coefficient (Wildman–Crippen LogP) is 1.97. The molecule has 0 atom stereocenters. The number of carbonyl (C=O) groups excluding carboxylic acids is 1. The second-order valence-electron chi connectivity index (χ2n) is 5.13. The molecule has 0 bridgehead atoms. The van der Waals surface area contributed by atoms with Gasteiger partial charge >= 0.3 is 0 Å². The van der Waals surface area contributed by atoms with Crippen molar-refractivity contribution in [3.05, 3.63) is 53.9 Å². The van der Waals surface area contributed by atoms with Gasteiger partial charge in [-0.1, -0.05) is 12.1 Å². The fourth-order valence-electron chi connectivity index (χ4n) is 2.13. The van der Waals surface area contributed by atoms with Gasteiger partial charge in [0.15, 0.2) is 0 Å². The van der Waals surface area contributed by atoms with Crippen LogP contribution in [0, 0.1) is 0 Å². The van der Waals surface area contributed by atoms with Gasteiger partial charge < -0.3 is 19.5 Å². The van der Waals surface area contributed by atoms with Gasteiger partial charge in [-0.25, -0.2) is 0 Å². The Balaban J connectivity index is 1.81. The molecule has 24 heavy (non-hydrogen) atoms. The Morgan fingerprint density at radius 1 is 1.12 bits per heavy atom. The van der Waals surface area contributed by atoms with Crippen LogP contribution < -0.4 is 14.8 Å². The minimum atomic E-state index is -0.0538. The molecule has 1 heterocycles. The number of amides is 1. The van der Waals surface area contributed by atoms with E-state index in [1.165, 1.54) is 0 Å². The fraction of sp³-hybridized carbons (Fsp3) is 0.333. The number of nitrogens with one attached hydrogen (secondary N) is 1. The molecule has 6 heteroatoms. The van der Waals surface area contributed by atoms with Crippen molar-refractivity contribution in [2.75, 3.05) is 27.4 Å². The molecule has 0 spiro atoms. The number of ether oxygens (including phenoxy) is 3. The third kappa shape index (κ3) is 5.55. The van der Waals surface area contributed by atoms with Crippen molar-refractivity contribution in [1.29, 1.82) is 0 Å². The molecule has 0 unspecified atom stereocenters. The summed E-state index contributed by atoms with van der Waals surface area (Å²) in [5, 5.41) is 2.88. The summed E-state index contributed by atoms with van der Waals surface area (Å²) in [7, 11) is 3.21. The van der Waals surface area contributed by atoms with Crippen LogP contribution in [0.5, 0.6) is 11.5 Å². The first-order valence-electron chi connectivity index (χ1n) is 7.67. The molecule has 2 rings (SSSR count). The average Bonchev–Trinajstić information content (AvgIpc) is 2.62. The van der Waals surface area contributed by atoms with Crippen LogP contribution in [0.2, 0.25) is 0 Å². The van der Waals surface area contributed by atoms with Gasteiger partial charge in [0.2, 0.25) is 5.91 Å². The van der Waals surface area contributed by atoms with E-state index in [2.05, 4.69) is 10.3 Å². The van der Waals surface area contributed by atoms with Gasteiger partial charge in [-0.3, -0.25) is 9.78 Å². The lowest BCUT2D eigenvalue weighted by molar-refractivity contribution is -0.120. The minimum absolute atomic E-state index is 0.0538. The van der Waals surface area contributed by atoms with Crippen molar-refractivity contribution in [2.24, 2.45) is 0 Å². The fourth-order valence-corrected chi connectivity index (χ4v) is 2.13. The van der Waals surface area contributed by atoms with Gasteiger partial charge in [-0.2, -0.15) is 0 Å². The maximum absolute atomic E-state index is 12.1. The highest BCUT2D eigenvalue weighted by Gasteiger charge is 2.07. The number of pyridine rings is 1. The second-order valence-corrected chi connectivity index (χ2v) is 5.13. The Morgan fingerprint density at radius 3 is 2.62 bits per heavy atom. The lowest BCUT2D eigenvalue weighted by Crippen LogP contribution is -2.24. The zero-order chi connectivity index (χ0) is 17.2. The molecule has 0 fully saturated rings. The summed E-state index contributed by atoms with van der Waals surface area (Å²) >= 11 is 0. The third-order valence-electron chi connectivity index (χ3n) is 3.41. The Labute approximate surface area is 141 Å². The predicted molar refractivity (Wildman–Crippen MR) is 90.2 cm³/mol. The summed E-state index contributed by atoms with van der Waals surface area (Å²) in [5.41, 5.74) is 1.82. The maximum atomic E-state index is 12.1. The molecule has 0 aliphatic heterocycles. The molecule has 2 aromatic rings. The quantitative estimate of drug-likeness (QED) is 0.712. The molecule has 0 aliphatic carbocycles. The smallest absolute Gasteiger partial charge is 0.224 e. The normalized spacial score (nSPS) is 10.2. The van der Waals surface area contributed by atoms with Crippen LogP contribution in [0.25, 0.3) is 0 Å². The van der Waals surface area contributed by atoms with E-state index in [1.54, 1.807) is 26.6 Å². The molecule has 6 nitrogen and oxygen atoms in total. The van der Waals surface area contributed by atoms with Crippen molar-refractivity contribution in [1.82, 2.24) is 10.3 Å². The molecule has 1 N–H and O–H groups in total. The van der Waals surface area contributed by atoms with Crippen LogP contribution in [0.3, 0.4) is 0 Å². The van der Waals surface area contributed by atoms with Crippen molar-refractivity contribution in [3.63, 3.8) is 0 Å². The standard InChI is InChI=1S/C18H22N2O4/c1-22-9-10-24-16-5-3-14(4-6-16)11-18(21)20-12-15-7-8-19-13-17(15)23-2/h3-8,13H,9-12H2,1-2H3,(H,20,21). The Bertz CT molecular complexity index is 644. The van der Waals surface area contributed by atoms with Crippen molar-refractivity contribution >= 4 is 5.91 Å². The first-order chi connectivity index (χ1) is 11.7. The number of carbonyl (C=O) groups is 1. The minimum Gasteiger partial charge on any atom is -0.495 e. The Morgan fingerprint density at radius 2 is 1.92 bits per heavy atom. The lowest BCUT2D eigenvalue weighted by atomic mass is 10.1. The van der Waals surface area contributed by atoms with Gasteiger partial charge in [-0.15, -0.1) is 0 Å². The largest absolute Gasteiger partial charge is 0.495 e. The lowest BCUT2D eigenvalue weighted by Gasteiger charge is -2.09. The van der Waals surface area contributed by atoms with Crippen LogP contribution in [-0.4, -0.2) is 38.3 Å². The van der Waals surface area contributed by atoms with Gasteiger partial charge in [0.25, 0.3) is 0 Å². The number of hydrogen-bond donors (Lipinski definition) is 1. The van der Waals surface area contributed by atoms with E-state index >= 15 is 0 Å². The van der Waals surface area contributed by atoms with Crippen LogP contribution in [0.1, 0.15) is 11.1 Å². The SMILES string of the molecule is COCCOc1ccc(CC(=O)NCc2ccncc2OC)cc1. The number of methoxy groups -OCH3 is 2. The van der Waals surface area contributed by atoms with E-state index in [1.807, 2.05) is 30.3 Å².